The fourth-order valence-corrected chi connectivity index (χ4v) is 2.23. The first-order valence-corrected chi connectivity index (χ1v) is 6.30. The van der Waals surface area contributed by atoms with Gasteiger partial charge in [-0.2, -0.15) is 0 Å². The third-order valence-corrected chi connectivity index (χ3v) is 3.36. The van der Waals surface area contributed by atoms with Crippen molar-refractivity contribution < 1.29 is 9.53 Å². The van der Waals surface area contributed by atoms with Gasteiger partial charge in [0.15, 0.2) is 5.82 Å². The lowest BCUT2D eigenvalue weighted by molar-refractivity contribution is -0.147. The van der Waals surface area contributed by atoms with Crippen LogP contribution in [0.15, 0.2) is 12.4 Å². The van der Waals surface area contributed by atoms with E-state index in [0.29, 0.717) is 5.82 Å². The quantitative estimate of drug-likeness (QED) is 0.454. The van der Waals surface area contributed by atoms with Crippen LogP contribution in [0.25, 0.3) is 0 Å². The monoisotopic (exact) mass is 265 g/mol. The predicted molar refractivity (Wildman–Crippen MR) is 69.9 cm³/mol. The van der Waals surface area contributed by atoms with E-state index in [1.54, 1.807) is 12.4 Å². The van der Waals surface area contributed by atoms with Crippen LogP contribution < -0.4 is 11.3 Å². The molecule has 0 saturated carbocycles. The standard InChI is InChI=1S/C12H19N5O2/c1-19-12(18)9-2-4-17(5-3-9)8-10-6-15-11(16-13)7-14-10/h6-7,9H,2-5,8,13H2,1H3,(H,15,16). The molecule has 1 fully saturated rings. The molecule has 19 heavy (non-hydrogen) atoms. The SMILES string of the molecule is COC(=O)C1CCN(Cc2cnc(NN)cn2)CC1. The summed E-state index contributed by atoms with van der Waals surface area (Å²) in [5.41, 5.74) is 3.34. The molecule has 104 valence electrons. The van der Waals surface area contributed by atoms with E-state index < -0.39 is 0 Å². The van der Waals surface area contributed by atoms with Gasteiger partial charge in [-0.25, -0.2) is 10.8 Å². The lowest BCUT2D eigenvalue weighted by Crippen LogP contribution is -2.36. The van der Waals surface area contributed by atoms with Crippen molar-refractivity contribution in [3.63, 3.8) is 0 Å². The largest absolute Gasteiger partial charge is 0.469 e. The third-order valence-electron chi connectivity index (χ3n) is 3.36. The molecule has 3 N–H and O–H groups in total. The van der Waals surface area contributed by atoms with E-state index in [1.807, 2.05) is 0 Å². The number of hydrogen-bond acceptors (Lipinski definition) is 7. The van der Waals surface area contributed by atoms with Crippen molar-refractivity contribution in [1.29, 1.82) is 0 Å². The Labute approximate surface area is 112 Å². The van der Waals surface area contributed by atoms with Gasteiger partial charge in [-0.1, -0.05) is 0 Å². The number of nitrogens with one attached hydrogen (secondary N) is 1. The molecular formula is C12H19N5O2. The van der Waals surface area contributed by atoms with Gasteiger partial charge in [-0.3, -0.25) is 14.7 Å². The van der Waals surface area contributed by atoms with Crippen molar-refractivity contribution in [1.82, 2.24) is 14.9 Å². The number of methoxy groups -OCH3 is 1. The molecule has 1 saturated heterocycles. The van der Waals surface area contributed by atoms with Crippen LogP contribution in [0.2, 0.25) is 0 Å². The van der Waals surface area contributed by atoms with Crippen molar-refractivity contribution in [2.45, 2.75) is 19.4 Å². The molecule has 0 aliphatic carbocycles. The fourth-order valence-electron chi connectivity index (χ4n) is 2.23. The smallest absolute Gasteiger partial charge is 0.308 e. The summed E-state index contributed by atoms with van der Waals surface area (Å²) in [6.45, 7) is 2.49. The number of nitrogens with zero attached hydrogens (tertiary/aromatic N) is 3. The van der Waals surface area contributed by atoms with Crippen molar-refractivity contribution in [2.24, 2.45) is 11.8 Å². The van der Waals surface area contributed by atoms with Crippen molar-refractivity contribution in [3.8, 4) is 0 Å². The molecule has 2 heterocycles. The number of anilines is 1. The lowest BCUT2D eigenvalue weighted by atomic mass is 9.97. The second-order valence-electron chi connectivity index (χ2n) is 4.61. The van der Waals surface area contributed by atoms with Gasteiger partial charge in [0.05, 0.1) is 31.1 Å². The van der Waals surface area contributed by atoms with E-state index in [0.717, 1.165) is 38.2 Å². The number of aromatic nitrogens is 2. The first kappa shape index (κ1) is 13.7. The highest BCUT2D eigenvalue weighted by Crippen LogP contribution is 2.19. The van der Waals surface area contributed by atoms with Gasteiger partial charge < -0.3 is 10.2 Å². The van der Waals surface area contributed by atoms with Crippen LogP contribution >= 0.6 is 0 Å². The van der Waals surface area contributed by atoms with E-state index in [2.05, 4.69) is 20.3 Å². The Bertz CT molecular complexity index is 415. The predicted octanol–water partition coefficient (Wildman–Crippen LogP) is 0.147. The van der Waals surface area contributed by atoms with Crippen LogP contribution in [0.1, 0.15) is 18.5 Å². The molecule has 7 heteroatoms. The summed E-state index contributed by atoms with van der Waals surface area (Å²) < 4.78 is 4.77. The Kier molecular flexibility index (Phi) is 4.64. The number of hydrazine groups is 1. The van der Waals surface area contributed by atoms with Crippen LogP contribution in [-0.4, -0.2) is 41.0 Å². The summed E-state index contributed by atoms with van der Waals surface area (Å²) in [5, 5.41) is 0. The summed E-state index contributed by atoms with van der Waals surface area (Å²) in [6, 6.07) is 0. The molecule has 2 rings (SSSR count). The first-order valence-electron chi connectivity index (χ1n) is 6.30. The molecular weight excluding hydrogens is 246 g/mol. The normalized spacial score (nSPS) is 17.2. The highest BCUT2D eigenvalue weighted by Gasteiger charge is 2.25. The van der Waals surface area contributed by atoms with Crippen molar-refractivity contribution in [2.75, 3.05) is 25.6 Å². The molecule has 0 unspecified atom stereocenters. The van der Waals surface area contributed by atoms with Gasteiger partial charge >= 0.3 is 5.97 Å². The molecule has 0 spiro atoms. The minimum Gasteiger partial charge on any atom is -0.469 e. The zero-order valence-corrected chi connectivity index (χ0v) is 11.0. The van der Waals surface area contributed by atoms with E-state index in [4.69, 9.17) is 10.6 Å². The zero-order chi connectivity index (χ0) is 13.7. The van der Waals surface area contributed by atoms with E-state index >= 15 is 0 Å². The number of hydrogen-bond donors (Lipinski definition) is 2. The molecule has 1 aliphatic heterocycles. The Morgan fingerprint density at radius 3 is 2.74 bits per heavy atom. The second-order valence-corrected chi connectivity index (χ2v) is 4.61. The van der Waals surface area contributed by atoms with Crippen molar-refractivity contribution >= 4 is 11.8 Å². The number of likely N-dealkylation sites (tertiary alicyclic amines) is 1. The molecule has 0 bridgehead atoms. The van der Waals surface area contributed by atoms with Gasteiger partial charge in [0.2, 0.25) is 0 Å². The second kappa shape index (κ2) is 6.44. The third kappa shape index (κ3) is 3.62. The Morgan fingerprint density at radius 2 is 2.21 bits per heavy atom. The summed E-state index contributed by atoms with van der Waals surface area (Å²) in [7, 11) is 1.44. The zero-order valence-electron chi connectivity index (χ0n) is 11.0. The van der Waals surface area contributed by atoms with Crippen LogP contribution in [-0.2, 0) is 16.1 Å². The first-order chi connectivity index (χ1) is 9.22. The Morgan fingerprint density at radius 1 is 1.47 bits per heavy atom. The maximum atomic E-state index is 11.4. The van der Waals surface area contributed by atoms with Gasteiger partial charge in [0.25, 0.3) is 0 Å². The van der Waals surface area contributed by atoms with Gasteiger partial charge in [-0.05, 0) is 25.9 Å². The molecule has 0 radical (unpaired) electrons. The van der Waals surface area contributed by atoms with Crippen molar-refractivity contribution in [3.05, 3.63) is 18.1 Å². The lowest BCUT2D eigenvalue weighted by Gasteiger charge is -2.30. The summed E-state index contributed by atoms with van der Waals surface area (Å²) in [5.74, 6) is 5.72. The summed E-state index contributed by atoms with van der Waals surface area (Å²) >= 11 is 0. The Balaban J connectivity index is 1.83. The van der Waals surface area contributed by atoms with Crippen LogP contribution in [0, 0.1) is 5.92 Å². The number of esters is 1. The molecule has 7 nitrogen and oxygen atoms in total. The molecule has 1 aromatic heterocycles. The number of rotatable bonds is 4. The average Bonchev–Trinajstić information content (AvgIpc) is 2.48. The highest BCUT2D eigenvalue weighted by molar-refractivity contribution is 5.72. The van der Waals surface area contributed by atoms with Gasteiger partial charge in [0, 0.05) is 6.54 Å². The average molecular weight is 265 g/mol. The molecule has 1 aliphatic rings. The maximum absolute atomic E-state index is 11.4. The number of carbonyl (C=O) groups is 1. The summed E-state index contributed by atoms with van der Waals surface area (Å²) in [4.78, 5) is 22.1. The number of carbonyl (C=O) groups excluding carboxylic acids is 1. The number of ether oxygens (including phenoxy) is 1. The number of piperidine rings is 1. The van der Waals surface area contributed by atoms with Crippen LogP contribution in [0.5, 0.6) is 0 Å². The minimum atomic E-state index is -0.0992. The number of nitrogens with two attached hydrogens (primary N) is 1. The topological polar surface area (TPSA) is 93.4 Å². The number of nitrogen functional groups attached to an aromatic ring is 1. The highest BCUT2D eigenvalue weighted by atomic mass is 16.5. The molecule has 0 amide bonds. The van der Waals surface area contributed by atoms with Gasteiger partial charge in [-0.15, -0.1) is 0 Å². The van der Waals surface area contributed by atoms with E-state index in [-0.39, 0.29) is 11.9 Å². The minimum absolute atomic E-state index is 0.0381. The van der Waals surface area contributed by atoms with E-state index in [1.165, 1.54) is 7.11 Å². The molecule has 0 atom stereocenters. The van der Waals surface area contributed by atoms with Crippen LogP contribution in [0.4, 0.5) is 5.82 Å². The molecule has 1 aromatic rings. The summed E-state index contributed by atoms with van der Waals surface area (Å²) in [6.07, 6.45) is 4.99. The Hall–Kier alpha value is -1.73. The molecule has 0 aromatic carbocycles. The van der Waals surface area contributed by atoms with E-state index in [9.17, 15) is 4.79 Å². The van der Waals surface area contributed by atoms with Gasteiger partial charge in [0.1, 0.15) is 0 Å². The maximum Gasteiger partial charge on any atom is 0.308 e. The fraction of sp³-hybridized carbons (Fsp3) is 0.583. The van der Waals surface area contributed by atoms with Crippen LogP contribution in [0.3, 0.4) is 0 Å².